The van der Waals surface area contributed by atoms with Crippen LogP contribution in [0.1, 0.15) is 95.8 Å². The Hall–Kier alpha value is -2.74. The summed E-state index contributed by atoms with van der Waals surface area (Å²) in [6.07, 6.45) is 1.86. The molecular weight excluding hydrogens is 746 g/mol. The summed E-state index contributed by atoms with van der Waals surface area (Å²) in [5, 5.41) is 20.6. The smallest absolute Gasteiger partial charge is 0.317 e. The minimum Gasteiger partial charge on any atom is -0.317 e. The molecule has 0 saturated heterocycles. The largest absolute Gasteiger partial charge is 0.322 e. The standard InChI is InChI=1S/C19H19ClN4OS.C12H15N3S.8CH4.2H2S/c1-12-9-16-15(18(22-23(16)2)17-7-4-8-26-17)11-24(12)19(25)21-14-6-3-5-13(20)10-14;1-8-6-10-9(7-13-8)12(14-15(10)2)11-4-3-5-16-11;;;;;;;;;;/h3-8,10,12H,9,11H2,1-2H3,(H,21,25);3-5,8,13H,6-7H2,1-2H3;8*1H4;2*1H2/t12-;8-;;;;;;;;;;/m00........../s1. The van der Waals surface area contributed by atoms with Crippen molar-refractivity contribution in [3.05, 3.63) is 86.8 Å². The van der Waals surface area contributed by atoms with Crippen LogP contribution in [0.3, 0.4) is 0 Å². The van der Waals surface area contributed by atoms with E-state index in [0.717, 1.165) is 41.2 Å². The van der Waals surface area contributed by atoms with Gasteiger partial charge < -0.3 is 15.5 Å². The van der Waals surface area contributed by atoms with Crippen LogP contribution in [0.5, 0.6) is 0 Å². The van der Waals surface area contributed by atoms with Crippen molar-refractivity contribution in [1.82, 2.24) is 29.8 Å². The number of aryl methyl sites for hydroxylation is 2. The number of amides is 2. The predicted octanol–water partition coefficient (Wildman–Crippen LogP) is 12.3. The van der Waals surface area contributed by atoms with Crippen LogP contribution >= 0.6 is 61.3 Å². The number of halogens is 1. The van der Waals surface area contributed by atoms with Crippen LogP contribution in [0.15, 0.2) is 59.3 Å². The van der Waals surface area contributed by atoms with Crippen molar-refractivity contribution in [3.63, 3.8) is 0 Å². The fourth-order valence-electron chi connectivity index (χ4n) is 5.68. The Kier molecular flexibility index (Phi) is 28.5. The number of carbonyl (C=O) groups excluding carboxylic acids is 1. The Morgan fingerprint density at radius 3 is 1.81 bits per heavy atom. The normalized spacial score (nSPS) is 14.3. The maximum absolute atomic E-state index is 12.9. The summed E-state index contributed by atoms with van der Waals surface area (Å²) < 4.78 is 3.99. The molecule has 2 atom stereocenters. The van der Waals surface area contributed by atoms with E-state index >= 15 is 0 Å². The highest BCUT2D eigenvalue weighted by Gasteiger charge is 2.32. The molecule has 5 aromatic rings. The molecule has 2 amide bonds. The highest BCUT2D eigenvalue weighted by molar-refractivity contribution is 7.59. The lowest BCUT2D eigenvalue weighted by molar-refractivity contribution is 0.181. The van der Waals surface area contributed by atoms with E-state index in [1.54, 1.807) is 34.8 Å². The number of nitrogens with one attached hydrogen (secondary N) is 2. The number of thiophene rings is 2. The Bertz CT molecular complexity index is 1700. The molecule has 6 heterocycles. The fourth-order valence-corrected chi connectivity index (χ4v) is 7.34. The Morgan fingerprint density at radius 1 is 0.788 bits per heavy atom. The maximum atomic E-state index is 12.9. The van der Waals surface area contributed by atoms with Gasteiger partial charge in [0.2, 0.25) is 0 Å². The number of urea groups is 1. The summed E-state index contributed by atoms with van der Waals surface area (Å²) in [7, 11) is 4.03. The van der Waals surface area contributed by atoms with Crippen LogP contribution < -0.4 is 10.6 Å². The van der Waals surface area contributed by atoms with E-state index in [0.29, 0.717) is 23.3 Å². The van der Waals surface area contributed by atoms with E-state index in [-0.39, 0.29) is 98.5 Å². The molecule has 2 aliphatic rings. The van der Waals surface area contributed by atoms with Crippen molar-refractivity contribution in [3.8, 4) is 21.1 Å². The molecule has 7 rings (SSSR count). The number of benzene rings is 1. The van der Waals surface area contributed by atoms with E-state index in [2.05, 4.69) is 53.2 Å². The van der Waals surface area contributed by atoms with Gasteiger partial charge in [-0.3, -0.25) is 9.36 Å². The number of fused-ring (bicyclic) bond motifs is 2. The molecule has 0 bridgehead atoms. The maximum Gasteiger partial charge on any atom is 0.322 e. The van der Waals surface area contributed by atoms with Gasteiger partial charge in [0.1, 0.15) is 11.4 Å². The van der Waals surface area contributed by atoms with Gasteiger partial charge in [0.05, 0.1) is 16.3 Å². The Morgan fingerprint density at radius 2 is 1.31 bits per heavy atom. The third-order valence-electron chi connectivity index (χ3n) is 7.87. The van der Waals surface area contributed by atoms with Gasteiger partial charge in [-0.05, 0) is 54.9 Å². The van der Waals surface area contributed by atoms with E-state index in [1.165, 1.54) is 21.8 Å². The van der Waals surface area contributed by atoms with Crippen molar-refractivity contribution in [2.45, 2.75) is 111 Å². The molecule has 1 aromatic carbocycles. The third kappa shape index (κ3) is 12.4. The number of hydrogen-bond acceptors (Lipinski definition) is 6. The first-order chi connectivity index (χ1) is 20.3. The van der Waals surface area contributed by atoms with Gasteiger partial charge in [-0.25, -0.2) is 4.79 Å². The van der Waals surface area contributed by atoms with Crippen LogP contribution in [-0.2, 0) is 40.0 Å². The SMILES string of the molecule is C.C.C.C.C.C.C.C.C[C@H]1Cc2c(c(-c3cccs3)nn2C)CN1.C[C@H]1Cc2c(c(-c3cccs3)nn2C)CN1C(=O)Nc1cccc(Cl)c1.S.S. The number of rotatable bonds is 3. The Balaban J connectivity index is -0.000000253. The van der Waals surface area contributed by atoms with E-state index in [1.807, 2.05) is 51.9 Å². The van der Waals surface area contributed by atoms with Crippen molar-refractivity contribution in [1.29, 1.82) is 0 Å². The zero-order valence-electron chi connectivity index (χ0n) is 25.1. The van der Waals surface area contributed by atoms with E-state index in [4.69, 9.17) is 16.7 Å². The first-order valence-corrected chi connectivity index (χ1v) is 16.2. The molecule has 4 aromatic heterocycles. The highest BCUT2D eigenvalue weighted by atomic mass is 35.5. The molecule has 52 heavy (non-hydrogen) atoms. The van der Waals surface area contributed by atoms with Crippen molar-refractivity contribution >= 4 is 73.0 Å². The number of aromatic nitrogens is 4. The summed E-state index contributed by atoms with van der Waals surface area (Å²) in [5.41, 5.74) is 7.93. The van der Waals surface area contributed by atoms with E-state index < -0.39 is 0 Å². The van der Waals surface area contributed by atoms with Crippen LogP contribution in [0.4, 0.5) is 10.5 Å². The number of anilines is 1. The number of nitrogens with zero attached hydrogens (tertiary/aromatic N) is 5. The molecule has 2 N–H and O–H groups in total. The minimum atomic E-state index is -0.119. The lowest BCUT2D eigenvalue weighted by atomic mass is 9.99. The van der Waals surface area contributed by atoms with Crippen LogP contribution in [-0.4, -0.2) is 42.6 Å². The van der Waals surface area contributed by atoms with Crippen molar-refractivity contribution < 1.29 is 4.79 Å². The van der Waals surface area contributed by atoms with Crippen molar-refractivity contribution in [2.24, 2.45) is 14.1 Å². The molecule has 2 aliphatic heterocycles. The summed E-state index contributed by atoms with van der Waals surface area (Å²) in [6.45, 7) is 5.78. The average molecular weight is 817 g/mol. The van der Waals surface area contributed by atoms with Crippen molar-refractivity contribution in [2.75, 3.05) is 5.32 Å². The first-order valence-electron chi connectivity index (χ1n) is 14.0. The summed E-state index contributed by atoms with van der Waals surface area (Å²) >= 11 is 9.44. The monoisotopic (exact) mass is 815 g/mol. The summed E-state index contributed by atoms with van der Waals surface area (Å²) in [5.74, 6) is 0. The van der Waals surface area contributed by atoms with Gasteiger partial charge in [0.25, 0.3) is 0 Å². The second-order valence-electron chi connectivity index (χ2n) is 10.9. The molecule has 0 spiro atoms. The summed E-state index contributed by atoms with van der Waals surface area (Å²) in [6, 6.07) is 16.1. The van der Waals surface area contributed by atoms with Crippen LogP contribution in [0, 0.1) is 0 Å². The second kappa shape index (κ2) is 25.3. The first kappa shape index (κ1) is 58.6. The molecule has 0 aliphatic carbocycles. The van der Waals surface area contributed by atoms with Crippen LogP contribution in [0.25, 0.3) is 21.1 Å². The molecule has 0 unspecified atom stereocenters. The predicted molar refractivity (Wildman–Crippen MR) is 247 cm³/mol. The molecule has 298 valence electrons. The zero-order chi connectivity index (χ0) is 29.4. The molecule has 0 fully saturated rings. The molecule has 8 nitrogen and oxygen atoms in total. The van der Waals surface area contributed by atoms with Gasteiger partial charge in [0, 0.05) is 78.8 Å². The van der Waals surface area contributed by atoms with Gasteiger partial charge in [0.15, 0.2) is 0 Å². The zero-order valence-corrected chi connectivity index (χ0v) is 29.5. The van der Waals surface area contributed by atoms with E-state index in [9.17, 15) is 4.79 Å². The molecule has 0 radical (unpaired) electrons. The van der Waals surface area contributed by atoms with Gasteiger partial charge in [-0.15, -0.1) is 22.7 Å². The topological polar surface area (TPSA) is 80.0 Å². The number of hydrogen-bond donors (Lipinski definition) is 2. The fraction of sp³-hybridized carbons (Fsp3) is 0.462. The lowest BCUT2D eigenvalue weighted by Crippen LogP contribution is -2.45. The second-order valence-corrected chi connectivity index (χ2v) is 13.2. The quantitative estimate of drug-likeness (QED) is 0.190. The molecule has 0 saturated carbocycles. The molecule has 13 heteroatoms. The van der Waals surface area contributed by atoms with Gasteiger partial charge in [-0.2, -0.15) is 37.2 Å². The average Bonchev–Trinajstić information content (AvgIpc) is 3.77. The Labute approximate surface area is 344 Å². The third-order valence-corrected chi connectivity index (χ3v) is 9.86. The lowest BCUT2D eigenvalue weighted by Gasteiger charge is -2.34. The van der Waals surface area contributed by atoms with Gasteiger partial charge >= 0.3 is 6.03 Å². The van der Waals surface area contributed by atoms with Gasteiger partial charge in [-0.1, -0.05) is 89.2 Å². The minimum absolute atomic E-state index is 0. The van der Waals surface area contributed by atoms with Crippen LogP contribution in [0.2, 0.25) is 5.02 Å². The summed E-state index contributed by atoms with van der Waals surface area (Å²) in [4.78, 5) is 17.1. The highest BCUT2D eigenvalue weighted by Crippen LogP contribution is 2.34. The molecular formula is C39H70ClN7OS4. The number of carbonyl (C=O) groups is 1.